The van der Waals surface area contributed by atoms with Crippen molar-refractivity contribution in [2.24, 2.45) is 0 Å². The summed E-state index contributed by atoms with van der Waals surface area (Å²) in [6.07, 6.45) is 0. The van der Waals surface area contributed by atoms with Gasteiger partial charge in [-0.2, -0.15) is 0 Å². The van der Waals surface area contributed by atoms with E-state index in [9.17, 15) is 0 Å². The zero-order valence-electron chi connectivity index (χ0n) is 32.5. The minimum atomic E-state index is 0.649. The van der Waals surface area contributed by atoms with Crippen LogP contribution < -0.4 is 0 Å². The SMILES string of the molecule is c1ccc(-c2nc(-c3ccccc3)nc(-c3ccc(-c4ccc(-c5cccc6c7cccc8ccc9cccc(c%10ccccc%10c56)c9c87)cc4)c4ccccc34)n2)cc1. The zero-order chi connectivity index (χ0) is 39.6. The Morgan fingerprint density at radius 1 is 0.200 bits per heavy atom. The standard InChI is InChI=1S/C57H35N3/c1-3-14-40(15-4-1)55-58-56(41-16-5-2-6-17-41)60-57(59-55)51-35-34-42(44-20-7-8-21-45(44)51)36-28-30-37(31-29-36)43-24-13-27-50-49-26-12-19-39-33-32-38-18-11-25-47(52(38)53(39)49)46-22-9-10-23-48(46)54(43)50/h1-35H. The van der Waals surface area contributed by atoms with Gasteiger partial charge in [-0.25, -0.2) is 15.0 Å². The summed E-state index contributed by atoms with van der Waals surface area (Å²) in [6.45, 7) is 0. The quantitative estimate of drug-likeness (QED) is 0.164. The van der Waals surface area contributed by atoms with Gasteiger partial charge in [0.1, 0.15) is 0 Å². The predicted molar refractivity (Wildman–Crippen MR) is 252 cm³/mol. The average molecular weight is 762 g/mol. The van der Waals surface area contributed by atoms with Crippen molar-refractivity contribution >= 4 is 64.6 Å². The Morgan fingerprint density at radius 3 is 1.20 bits per heavy atom. The molecule has 3 nitrogen and oxygen atoms in total. The zero-order valence-corrected chi connectivity index (χ0v) is 32.5. The molecule has 0 bridgehead atoms. The number of aromatic nitrogens is 3. The van der Waals surface area contributed by atoms with Gasteiger partial charge in [-0.15, -0.1) is 0 Å². The van der Waals surface area contributed by atoms with E-state index in [1.165, 1.54) is 65.0 Å². The van der Waals surface area contributed by atoms with Crippen LogP contribution in [0.4, 0.5) is 0 Å². The maximum absolute atomic E-state index is 5.07. The van der Waals surface area contributed by atoms with Crippen molar-refractivity contribution in [2.45, 2.75) is 0 Å². The third kappa shape index (κ3) is 5.48. The maximum atomic E-state index is 5.07. The van der Waals surface area contributed by atoms with Crippen LogP contribution in [0.5, 0.6) is 0 Å². The molecule has 12 rings (SSSR count). The molecule has 278 valence electrons. The Kier molecular flexibility index (Phi) is 7.85. The van der Waals surface area contributed by atoms with Gasteiger partial charge in [-0.05, 0) is 93.0 Å². The largest absolute Gasteiger partial charge is 0.208 e. The molecular formula is C57H35N3. The second-order valence-electron chi connectivity index (χ2n) is 15.5. The summed E-state index contributed by atoms with van der Waals surface area (Å²) in [5, 5.41) is 15.0. The molecule has 12 aromatic rings. The predicted octanol–water partition coefficient (Wildman–Crippen LogP) is 15.1. The van der Waals surface area contributed by atoms with Crippen molar-refractivity contribution in [1.29, 1.82) is 0 Å². The Bertz CT molecular complexity index is 3580. The van der Waals surface area contributed by atoms with Gasteiger partial charge in [0.25, 0.3) is 0 Å². The molecule has 0 aliphatic heterocycles. The first-order valence-corrected chi connectivity index (χ1v) is 20.4. The van der Waals surface area contributed by atoms with Crippen LogP contribution in [-0.4, -0.2) is 15.0 Å². The minimum absolute atomic E-state index is 0.649. The molecule has 0 unspecified atom stereocenters. The fourth-order valence-corrected chi connectivity index (χ4v) is 9.35. The highest BCUT2D eigenvalue weighted by Gasteiger charge is 2.18. The van der Waals surface area contributed by atoms with E-state index < -0.39 is 0 Å². The molecule has 0 amide bonds. The molecule has 0 spiro atoms. The van der Waals surface area contributed by atoms with E-state index in [4.69, 9.17) is 15.0 Å². The van der Waals surface area contributed by atoms with Crippen LogP contribution in [0.3, 0.4) is 0 Å². The fraction of sp³-hybridized carbons (Fsp3) is 0. The average Bonchev–Trinajstić information content (AvgIpc) is 3.33. The summed E-state index contributed by atoms with van der Waals surface area (Å²) in [5.74, 6) is 1.95. The van der Waals surface area contributed by atoms with Crippen molar-refractivity contribution in [3.63, 3.8) is 0 Å². The molecule has 0 aliphatic rings. The molecule has 1 heterocycles. The summed E-state index contributed by atoms with van der Waals surface area (Å²) in [4.78, 5) is 15.1. The topological polar surface area (TPSA) is 38.7 Å². The smallest absolute Gasteiger partial charge is 0.164 e. The van der Waals surface area contributed by atoms with Crippen molar-refractivity contribution in [3.8, 4) is 56.4 Å². The van der Waals surface area contributed by atoms with Crippen LogP contribution in [0, 0.1) is 0 Å². The van der Waals surface area contributed by atoms with Gasteiger partial charge in [-0.1, -0.05) is 206 Å². The maximum Gasteiger partial charge on any atom is 0.164 e. The fourth-order valence-electron chi connectivity index (χ4n) is 9.35. The number of fused-ring (bicyclic) bond motifs is 6. The van der Waals surface area contributed by atoms with E-state index in [1.807, 2.05) is 60.7 Å². The molecule has 0 saturated carbocycles. The summed E-state index contributed by atoms with van der Waals surface area (Å²) in [7, 11) is 0. The Balaban J connectivity index is 1.03. The van der Waals surface area contributed by atoms with Gasteiger partial charge in [0.2, 0.25) is 0 Å². The number of hydrogen-bond acceptors (Lipinski definition) is 3. The normalized spacial score (nSPS) is 11.7. The van der Waals surface area contributed by atoms with E-state index in [0.29, 0.717) is 17.5 Å². The number of nitrogens with zero attached hydrogens (tertiary/aromatic N) is 3. The highest BCUT2D eigenvalue weighted by atomic mass is 15.0. The molecule has 11 aromatic carbocycles. The highest BCUT2D eigenvalue weighted by molar-refractivity contribution is 6.34. The van der Waals surface area contributed by atoms with Gasteiger partial charge in [0.05, 0.1) is 0 Å². The molecule has 60 heavy (non-hydrogen) atoms. The lowest BCUT2D eigenvalue weighted by Gasteiger charge is -2.16. The van der Waals surface area contributed by atoms with Crippen LogP contribution in [0.25, 0.3) is 121 Å². The Morgan fingerprint density at radius 2 is 0.600 bits per heavy atom. The lowest BCUT2D eigenvalue weighted by atomic mass is 9.87. The van der Waals surface area contributed by atoms with Crippen molar-refractivity contribution < 1.29 is 0 Å². The minimum Gasteiger partial charge on any atom is -0.208 e. The first-order valence-electron chi connectivity index (χ1n) is 20.4. The molecule has 3 heteroatoms. The summed E-state index contributed by atoms with van der Waals surface area (Å²) < 4.78 is 0. The van der Waals surface area contributed by atoms with E-state index in [2.05, 4.69) is 152 Å². The number of hydrogen-bond donors (Lipinski definition) is 0. The Hall–Kier alpha value is -8.01. The molecule has 0 fully saturated rings. The summed E-state index contributed by atoms with van der Waals surface area (Å²) >= 11 is 0. The number of benzene rings is 10. The first kappa shape index (κ1) is 34.1. The summed E-state index contributed by atoms with van der Waals surface area (Å²) in [5.41, 5.74) is 7.58. The van der Waals surface area contributed by atoms with Crippen LogP contribution in [-0.2, 0) is 0 Å². The third-order valence-electron chi connectivity index (χ3n) is 12.1. The molecule has 0 aliphatic carbocycles. The molecular weight excluding hydrogens is 727 g/mol. The first-order chi connectivity index (χ1) is 29.8. The second-order valence-corrected chi connectivity index (χ2v) is 15.5. The van der Waals surface area contributed by atoms with E-state index in [0.717, 1.165) is 38.6 Å². The molecule has 0 radical (unpaired) electrons. The van der Waals surface area contributed by atoms with Gasteiger partial charge < -0.3 is 0 Å². The lowest BCUT2D eigenvalue weighted by molar-refractivity contribution is 1.08. The van der Waals surface area contributed by atoms with Gasteiger partial charge in [0, 0.05) is 16.7 Å². The van der Waals surface area contributed by atoms with Crippen molar-refractivity contribution in [2.75, 3.05) is 0 Å². The van der Waals surface area contributed by atoms with E-state index in [-0.39, 0.29) is 0 Å². The van der Waals surface area contributed by atoms with Crippen molar-refractivity contribution in [3.05, 3.63) is 212 Å². The van der Waals surface area contributed by atoms with Gasteiger partial charge >= 0.3 is 0 Å². The van der Waals surface area contributed by atoms with Crippen LogP contribution in [0.2, 0.25) is 0 Å². The van der Waals surface area contributed by atoms with Gasteiger partial charge in [0.15, 0.2) is 17.5 Å². The Labute approximate surface area is 346 Å². The highest BCUT2D eigenvalue weighted by Crippen LogP contribution is 2.43. The molecule has 0 saturated heterocycles. The molecule has 0 atom stereocenters. The monoisotopic (exact) mass is 761 g/mol. The van der Waals surface area contributed by atoms with E-state index >= 15 is 0 Å². The van der Waals surface area contributed by atoms with E-state index in [1.54, 1.807) is 0 Å². The van der Waals surface area contributed by atoms with Crippen LogP contribution in [0.1, 0.15) is 0 Å². The lowest BCUT2D eigenvalue weighted by Crippen LogP contribution is -2.00. The van der Waals surface area contributed by atoms with Crippen LogP contribution in [0.15, 0.2) is 212 Å². The second kappa shape index (κ2) is 13.8. The van der Waals surface area contributed by atoms with Crippen LogP contribution >= 0.6 is 0 Å². The summed E-state index contributed by atoms with van der Waals surface area (Å²) in [6, 6.07) is 76.1. The van der Waals surface area contributed by atoms with Gasteiger partial charge in [-0.3, -0.25) is 0 Å². The van der Waals surface area contributed by atoms with Crippen molar-refractivity contribution in [1.82, 2.24) is 15.0 Å². The number of rotatable bonds is 5. The third-order valence-corrected chi connectivity index (χ3v) is 12.1. The molecule has 0 N–H and O–H groups in total. The molecule has 1 aromatic heterocycles.